The Kier molecular flexibility index (Phi) is 10.9. The molecule has 0 saturated carbocycles. The van der Waals surface area contributed by atoms with E-state index in [0.717, 1.165) is 70.8 Å². The molecule has 52 heavy (non-hydrogen) atoms. The molecule has 0 radical (unpaired) electrons. The van der Waals surface area contributed by atoms with E-state index in [9.17, 15) is 9.59 Å². The van der Waals surface area contributed by atoms with Crippen molar-refractivity contribution in [2.45, 2.75) is 31.6 Å². The van der Waals surface area contributed by atoms with Crippen LogP contribution in [0.4, 0.5) is 11.4 Å². The van der Waals surface area contributed by atoms with E-state index in [4.69, 9.17) is 9.15 Å². The fourth-order valence-electron chi connectivity index (χ4n) is 6.83. The molecule has 2 heterocycles. The van der Waals surface area contributed by atoms with Crippen LogP contribution >= 0.6 is 11.9 Å². The highest BCUT2D eigenvalue weighted by atomic mass is 32.2. The highest BCUT2D eigenvalue weighted by Gasteiger charge is 2.26. The third kappa shape index (κ3) is 7.87. The lowest BCUT2D eigenvalue weighted by Crippen LogP contribution is -2.49. The van der Waals surface area contributed by atoms with Crippen molar-refractivity contribution in [3.8, 4) is 0 Å². The molecule has 0 bridgehead atoms. The second-order valence-electron chi connectivity index (χ2n) is 13.0. The molecule has 7 nitrogen and oxygen atoms in total. The third-order valence-corrected chi connectivity index (χ3v) is 10.6. The maximum Gasteiger partial charge on any atom is 0.374 e. The average Bonchev–Trinajstić information content (AvgIpc) is 3.52. The Balaban J connectivity index is 1.11. The molecule has 1 aromatic heterocycles. The Labute approximate surface area is 309 Å². The van der Waals surface area contributed by atoms with Crippen molar-refractivity contribution in [1.82, 2.24) is 4.90 Å². The lowest BCUT2D eigenvalue weighted by Gasteiger charge is -2.38. The van der Waals surface area contributed by atoms with Gasteiger partial charge in [0.15, 0.2) is 0 Å². The van der Waals surface area contributed by atoms with Crippen molar-refractivity contribution in [2.75, 3.05) is 48.5 Å². The van der Waals surface area contributed by atoms with Gasteiger partial charge in [0.1, 0.15) is 5.58 Å². The van der Waals surface area contributed by atoms with Crippen LogP contribution < -0.4 is 9.21 Å². The van der Waals surface area contributed by atoms with E-state index in [0.29, 0.717) is 25.3 Å². The molecule has 0 unspecified atom stereocenters. The summed E-state index contributed by atoms with van der Waals surface area (Å²) in [5, 5.41) is 0.899. The number of fused-ring (bicyclic) bond motifs is 1. The summed E-state index contributed by atoms with van der Waals surface area (Å²) in [5.41, 5.74) is 8.00. The van der Waals surface area contributed by atoms with E-state index < -0.39 is 5.97 Å². The SMILES string of the molecule is CCOC(=O)c1oc2ccc(SN(CCc3ccccc3)c3ccccc3N3CCN(C(=O)c4ccccc4Cc4ccccc4)CC3)cc2c1C. The number of amides is 1. The predicted molar refractivity (Wildman–Crippen MR) is 211 cm³/mol. The summed E-state index contributed by atoms with van der Waals surface area (Å²) in [6.07, 6.45) is 1.60. The number of piperazine rings is 1. The standard InChI is InChI=1S/C44H43N3O4S/c1-3-50-44(49)42-32(2)38-31-36(22-23-41(38)51-42)52-47(25-24-33-14-6-4-7-15-33)40-21-13-12-20-39(40)45-26-28-46(29-27-45)43(48)37-19-11-10-18-35(37)30-34-16-8-5-9-17-34/h4-23,31H,3,24-30H2,1-2H3. The van der Waals surface area contributed by atoms with Crippen LogP contribution in [0.25, 0.3) is 11.0 Å². The zero-order valence-corrected chi connectivity index (χ0v) is 30.5. The molecule has 1 fully saturated rings. The van der Waals surface area contributed by atoms with Gasteiger partial charge >= 0.3 is 5.97 Å². The molecule has 0 aliphatic carbocycles. The molecule has 7 rings (SSSR count). The van der Waals surface area contributed by atoms with Crippen LogP contribution in [0.5, 0.6) is 0 Å². The van der Waals surface area contributed by atoms with E-state index in [1.165, 1.54) is 11.1 Å². The van der Waals surface area contributed by atoms with E-state index >= 15 is 0 Å². The summed E-state index contributed by atoms with van der Waals surface area (Å²) in [6, 6.07) is 43.5. The highest BCUT2D eigenvalue weighted by Crippen LogP contribution is 2.39. The first kappa shape index (κ1) is 35.0. The summed E-state index contributed by atoms with van der Waals surface area (Å²) in [7, 11) is 0. The van der Waals surface area contributed by atoms with Crippen molar-refractivity contribution < 1.29 is 18.7 Å². The van der Waals surface area contributed by atoms with Gasteiger partial charge in [-0.3, -0.25) is 4.79 Å². The number of aryl methyl sites for hydroxylation is 1. The largest absolute Gasteiger partial charge is 0.460 e. The van der Waals surface area contributed by atoms with Gasteiger partial charge in [-0.25, -0.2) is 4.79 Å². The molecule has 264 valence electrons. The van der Waals surface area contributed by atoms with Crippen molar-refractivity contribution in [2.24, 2.45) is 0 Å². The lowest BCUT2D eigenvalue weighted by atomic mass is 9.99. The third-order valence-electron chi connectivity index (χ3n) is 9.57. The Morgan fingerprint density at radius 3 is 2.21 bits per heavy atom. The number of anilines is 2. The Hall–Kier alpha value is -5.47. The number of hydrogen-bond donors (Lipinski definition) is 0. The smallest absolute Gasteiger partial charge is 0.374 e. The van der Waals surface area contributed by atoms with Gasteiger partial charge < -0.3 is 23.3 Å². The number of carbonyl (C=O) groups is 2. The molecule has 1 amide bonds. The summed E-state index contributed by atoms with van der Waals surface area (Å²) >= 11 is 1.68. The van der Waals surface area contributed by atoms with Gasteiger partial charge in [-0.15, -0.1) is 0 Å². The first-order valence-electron chi connectivity index (χ1n) is 17.9. The van der Waals surface area contributed by atoms with E-state index in [1.807, 2.05) is 66.4 Å². The van der Waals surface area contributed by atoms with Gasteiger partial charge in [-0.1, -0.05) is 91.0 Å². The van der Waals surface area contributed by atoms with Crippen LogP contribution in [0.3, 0.4) is 0 Å². The Bertz CT molecular complexity index is 2140. The number of rotatable bonds is 12. The van der Waals surface area contributed by atoms with Crippen LogP contribution in [0.15, 0.2) is 137 Å². The van der Waals surface area contributed by atoms with E-state index in [-0.39, 0.29) is 11.7 Å². The second-order valence-corrected chi connectivity index (χ2v) is 14.0. The molecule has 1 aliphatic heterocycles. The normalized spacial score (nSPS) is 13.0. The maximum absolute atomic E-state index is 13.9. The summed E-state index contributed by atoms with van der Waals surface area (Å²) in [4.78, 5) is 31.9. The lowest BCUT2D eigenvalue weighted by molar-refractivity contribution is 0.0491. The zero-order valence-electron chi connectivity index (χ0n) is 29.7. The van der Waals surface area contributed by atoms with Gasteiger partial charge in [0.05, 0.1) is 18.0 Å². The molecule has 8 heteroatoms. The Morgan fingerprint density at radius 2 is 1.46 bits per heavy atom. The number of carbonyl (C=O) groups excluding carboxylic acids is 2. The molecule has 1 aliphatic rings. The quantitative estimate of drug-likeness (QED) is 0.0928. The number of ether oxygens (including phenoxy) is 1. The molecule has 6 aromatic rings. The molecule has 0 atom stereocenters. The number of hydrogen-bond acceptors (Lipinski definition) is 7. The Morgan fingerprint density at radius 1 is 0.788 bits per heavy atom. The van der Waals surface area contributed by atoms with Gasteiger partial charge in [-0.2, -0.15) is 0 Å². The fourth-order valence-corrected chi connectivity index (χ4v) is 7.82. The number of furan rings is 1. The van der Waals surface area contributed by atoms with Crippen LogP contribution in [0.1, 0.15) is 50.1 Å². The second kappa shape index (κ2) is 16.3. The molecule has 1 saturated heterocycles. The van der Waals surface area contributed by atoms with Gasteiger partial charge in [-0.05, 0) is 91.7 Å². The molecule has 0 N–H and O–H groups in total. The molecule has 5 aromatic carbocycles. The molecular weight excluding hydrogens is 667 g/mol. The number of esters is 1. The zero-order chi connectivity index (χ0) is 35.9. The van der Waals surface area contributed by atoms with E-state index in [2.05, 4.69) is 82.0 Å². The first-order chi connectivity index (χ1) is 25.5. The minimum absolute atomic E-state index is 0.0931. The summed E-state index contributed by atoms with van der Waals surface area (Å²) in [5.74, 6) is -0.0971. The minimum Gasteiger partial charge on any atom is -0.460 e. The van der Waals surface area contributed by atoms with Crippen molar-refractivity contribution >= 4 is 46.2 Å². The number of benzene rings is 5. The minimum atomic E-state index is -0.443. The van der Waals surface area contributed by atoms with Crippen molar-refractivity contribution in [3.63, 3.8) is 0 Å². The van der Waals surface area contributed by atoms with Crippen molar-refractivity contribution in [3.05, 3.63) is 161 Å². The predicted octanol–water partition coefficient (Wildman–Crippen LogP) is 9.23. The van der Waals surface area contributed by atoms with Gasteiger partial charge in [0.2, 0.25) is 5.76 Å². The van der Waals surface area contributed by atoms with Crippen LogP contribution in [0, 0.1) is 6.92 Å². The number of para-hydroxylation sites is 2. The van der Waals surface area contributed by atoms with Crippen molar-refractivity contribution in [1.29, 1.82) is 0 Å². The first-order valence-corrected chi connectivity index (χ1v) is 18.7. The summed E-state index contributed by atoms with van der Waals surface area (Å²) < 4.78 is 13.5. The summed E-state index contributed by atoms with van der Waals surface area (Å²) in [6.45, 7) is 7.52. The average molecular weight is 710 g/mol. The van der Waals surface area contributed by atoms with Crippen LogP contribution in [-0.2, 0) is 17.6 Å². The van der Waals surface area contributed by atoms with Gasteiger partial charge in [0.25, 0.3) is 5.91 Å². The maximum atomic E-state index is 13.9. The van der Waals surface area contributed by atoms with Crippen LogP contribution in [0.2, 0.25) is 0 Å². The fraction of sp³-hybridized carbons (Fsp3) is 0.227. The highest BCUT2D eigenvalue weighted by molar-refractivity contribution is 8.00. The number of nitrogens with zero attached hydrogens (tertiary/aromatic N) is 3. The molecule has 0 spiro atoms. The topological polar surface area (TPSA) is 66.2 Å². The van der Waals surface area contributed by atoms with Crippen LogP contribution in [-0.4, -0.2) is 56.1 Å². The molecular formula is C44H43N3O4S. The van der Waals surface area contributed by atoms with Gasteiger partial charge in [0, 0.05) is 54.1 Å². The van der Waals surface area contributed by atoms with E-state index in [1.54, 1.807) is 18.9 Å². The monoisotopic (exact) mass is 709 g/mol.